The molecule has 1 aromatic rings. The number of aliphatic hydroxyl groups excluding tert-OH is 1. The fourth-order valence-electron chi connectivity index (χ4n) is 0.646. The van der Waals surface area contributed by atoms with Crippen LogP contribution in [0.3, 0.4) is 0 Å². The minimum absolute atomic E-state index is 0.0774. The van der Waals surface area contributed by atoms with Crippen molar-refractivity contribution in [2.75, 3.05) is 12.4 Å². The smallest absolute Gasteiger partial charge is 0.244 e. The Labute approximate surface area is 96.0 Å². The van der Waals surface area contributed by atoms with Crippen LogP contribution in [0.1, 0.15) is 6.92 Å². The van der Waals surface area contributed by atoms with Crippen LogP contribution in [0, 0.1) is 5.92 Å². The Hall–Kier alpha value is -0.100. The van der Waals surface area contributed by atoms with Gasteiger partial charge in [-0.3, -0.25) is 0 Å². The standard InChI is InChI=1S/C7H9Cl2N3OS/c1-4(2-13)3-14-6-5(8)11-12-7(9)10-6/h4,13H,2-3H2,1H3. The minimum Gasteiger partial charge on any atom is -0.396 e. The zero-order valence-electron chi connectivity index (χ0n) is 7.44. The summed E-state index contributed by atoms with van der Waals surface area (Å²) in [6.07, 6.45) is 0. The molecule has 1 heterocycles. The van der Waals surface area contributed by atoms with Gasteiger partial charge in [0.15, 0.2) is 5.15 Å². The SMILES string of the molecule is CC(CO)CSc1nc(Cl)nnc1Cl. The lowest BCUT2D eigenvalue weighted by Gasteiger charge is -2.06. The fraction of sp³-hybridized carbons (Fsp3) is 0.571. The molecule has 78 valence electrons. The van der Waals surface area contributed by atoms with Crippen LogP contribution in [-0.2, 0) is 0 Å². The number of hydrogen-bond donors (Lipinski definition) is 1. The first-order chi connectivity index (χ1) is 6.63. The van der Waals surface area contributed by atoms with Gasteiger partial charge in [0.25, 0.3) is 0 Å². The largest absolute Gasteiger partial charge is 0.396 e. The van der Waals surface area contributed by atoms with Crippen molar-refractivity contribution in [2.45, 2.75) is 11.9 Å². The second-order valence-corrected chi connectivity index (χ2v) is 4.48. The number of hydrogen-bond acceptors (Lipinski definition) is 5. The third kappa shape index (κ3) is 3.57. The summed E-state index contributed by atoms with van der Waals surface area (Å²) >= 11 is 12.7. The molecule has 0 radical (unpaired) electrons. The molecule has 0 aliphatic rings. The van der Waals surface area contributed by atoms with Crippen molar-refractivity contribution in [3.05, 3.63) is 10.4 Å². The highest BCUT2D eigenvalue weighted by molar-refractivity contribution is 7.99. The van der Waals surface area contributed by atoms with Gasteiger partial charge >= 0.3 is 0 Å². The summed E-state index contributed by atoms with van der Waals surface area (Å²) in [7, 11) is 0. The van der Waals surface area contributed by atoms with E-state index in [1.54, 1.807) is 0 Å². The molecule has 0 spiro atoms. The van der Waals surface area contributed by atoms with Gasteiger partial charge in [-0.25, -0.2) is 4.98 Å². The summed E-state index contributed by atoms with van der Waals surface area (Å²) in [6, 6.07) is 0. The number of nitrogens with zero attached hydrogens (tertiary/aromatic N) is 3. The van der Waals surface area contributed by atoms with Crippen LogP contribution in [0.25, 0.3) is 0 Å². The van der Waals surface area contributed by atoms with E-state index in [2.05, 4.69) is 15.2 Å². The highest BCUT2D eigenvalue weighted by Crippen LogP contribution is 2.24. The molecule has 0 aromatic carbocycles. The van der Waals surface area contributed by atoms with Crippen LogP contribution in [0.15, 0.2) is 5.03 Å². The highest BCUT2D eigenvalue weighted by Gasteiger charge is 2.08. The molecule has 4 nitrogen and oxygen atoms in total. The molecule has 0 aliphatic carbocycles. The molecule has 0 fully saturated rings. The van der Waals surface area contributed by atoms with Gasteiger partial charge in [0.2, 0.25) is 5.28 Å². The fourth-order valence-corrected chi connectivity index (χ4v) is 1.92. The monoisotopic (exact) mass is 253 g/mol. The topological polar surface area (TPSA) is 58.9 Å². The predicted molar refractivity (Wildman–Crippen MR) is 56.8 cm³/mol. The van der Waals surface area contributed by atoms with Crippen molar-refractivity contribution in [1.82, 2.24) is 15.2 Å². The Kier molecular flexibility index (Phi) is 4.88. The van der Waals surface area contributed by atoms with Gasteiger partial charge in [-0.1, -0.05) is 18.5 Å². The molecule has 0 bridgehead atoms. The maximum Gasteiger partial charge on any atom is 0.244 e. The Balaban J connectivity index is 2.62. The van der Waals surface area contributed by atoms with Crippen LogP contribution < -0.4 is 0 Å². The number of rotatable bonds is 4. The molecule has 0 saturated carbocycles. The zero-order chi connectivity index (χ0) is 10.6. The molecule has 1 aromatic heterocycles. The normalized spacial score (nSPS) is 12.9. The third-order valence-electron chi connectivity index (χ3n) is 1.41. The summed E-state index contributed by atoms with van der Waals surface area (Å²) in [5, 5.41) is 16.8. The maximum absolute atomic E-state index is 8.82. The van der Waals surface area contributed by atoms with Crippen LogP contribution in [0.2, 0.25) is 10.4 Å². The molecule has 1 unspecified atom stereocenters. The molecular formula is C7H9Cl2N3OS. The van der Waals surface area contributed by atoms with Gasteiger partial charge < -0.3 is 5.11 Å². The second kappa shape index (κ2) is 5.70. The molecule has 14 heavy (non-hydrogen) atoms. The van der Waals surface area contributed by atoms with Crippen LogP contribution >= 0.6 is 35.0 Å². The number of halogens is 2. The molecule has 1 atom stereocenters. The van der Waals surface area contributed by atoms with Gasteiger partial charge in [0, 0.05) is 12.4 Å². The number of aliphatic hydroxyl groups is 1. The van der Waals surface area contributed by atoms with Crippen molar-refractivity contribution < 1.29 is 5.11 Å². The summed E-state index contributed by atoms with van der Waals surface area (Å²) in [6.45, 7) is 2.06. The van der Waals surface area contributed by atoms with E-state index in [-0.39, 0.29) is 23.0 Å². The summed E-state index contributed by atoms with van der Waals surface area (Å²) in [4.78, 5) is 3.92. The van der Waals surface area contributed by atoms with Gasteiger partial charge in [-0.2, -0.15) is 0 Å². The van der Waals surface area contributed by atoms with E-state index in [0.717, 1.165) is 0 Å². The Bertz CT molecular complexity index is 313. The van der Waals surface area contributed by atoms with E-state index in [1.165, 1.54) is 11.8 Å². The second-order valence-electron chi connectivity index (χ2n) is 2.78. The van der Waals surface area contributed by atoms with Gasteiger partial charge in [-0.05, 0) is 17.5 Å². The van der Waals surface area contributed by atoms with Crippen molar-refractivity contribution >= 4 is 35.0 Å². The first kappa shape index (κ1) is 12.0. The molecule has 1 N–H and O–H groups in total. The predicted octanol–water partition coefficient (Wildman–Crippen LogP) is 1.90. The molecule has 0 saturated heterocycles. The van der Waals surface area contributed by atoms with E-state index in [9.17, 15) is 0 Å². The van der Waals surface area contributed by atoms with Gasteiger partial charge in [0.1, 0.15) is 5.03 Å². The lowest BCUT2D eigenvalue weighted by Crippen LogP contribution is -2.04. The Morgan fingerprint density at radius 2 is 2.14 bits per heavy atom. The molecular weight excluding hydrogens is 245 g/mol. The summed E-state index contributed by atoms with van der Waals surface area (Å²) in [5.74, 6) is 0.899. The van der Waals surface area contributed by atoms with Crippen LogP contribution in [0.4, 0.5) is 0 Å². The van der Waals surface area contributed by atoms with Gasteiger partial charge in [0.05, 0.1) is 0 Å². The van der Waals surface area contributed by atoms with Crippen molar-refractivity contribution in [2.24, 2.45) is 5.92 Å². The van der Waals surface area contributed by atoms with E-state index in [1.807, 2.05) is 6.92 Å². The van der Waals surface area contributed by atoms with Crippen molar-refractivity contribution in [3.8, 4) is 0 Å². The molecule has 0 amide bonds. The average molecular weight is 254 g/mol. The summed E-state index contributed by atoms with van der Waals surface area (Å²) in [5.41, 5.74) is 0. The van der Waals surface area contributed by atoms with Crippen LogP contribution in [-0.4, -0.2) is 32.6 Å². The number of aromatic nitrogens is 3. The first-order valence-corrected chi connectivity index (χ1v) is 5.67. The van der Waals surface area contributed by atoms with Crippen molar-refractivity contribution in [1.29, 1.82) is 0 Å². The molecule has 7 heteroatoms. The maximum atomic E-state index is 8.82. The Morgan fingerprint density at radius 3 is 2.79 bits per heavy atom. The van der Waals surface area contributed by atoms with E-state index >= 15 is 0 Å². The molecule has 0 aliphatic heterocycles. The van der Waals surface area contributed by atoms with E-state index in [0.29, 0.717) is 10.8 Å². The summed E-state index contributed by atoms with van der Waals surface area (Å²) < 4.78 is 0. The number of thioether (sulfide) groups is 1. The van der Waals surface area contributed by atoms with Crippen molar-refractivity contribution in [3.63, 3.8) is 0 Å². The van der Waals surface area contributed by atoms with Crippen LogP contribution in [0.5, 0.6) is 0 Å². The Morgan fingerprint density at radius 1 is 1.43 bits per heavy atom. The molecule has 1 rings (SSSR count). The third-order valence-corrected chi connectivity index (χ3v) is 3.23. The zero-order valence-corrected chi connectivity index (χ0v) is 9.77. The lowest BCUT2D eigenvalue weighted by molar-refractivity contribution is 0.250. The lowest BCUT2D eigenvalue weighted by atomic mass is 10.2. The van der Waals surface area contributed by atoms with E-state index in [4.69, 9.17) is 28.3 Å². The highest BCUT2D eigenvalue weighted by atomic mass is 35.5. The van der Waals surface area contributed by atoms with Gasteiger partial charge in [-0.15, -0.1) is 22.0 Å². The first-order valence-electron chi connectivity index (χ1n) is 3.93. The van der Waals surface area contributed by atoms with E-state index < -0.39 is 0 Å². The minimum atomic E-state index is 0.0774. The average Bonchev–Trinajstić information content (AvgIpc) is 2.19. The quantitative estimate of drug-likeness (QED) is 0.831.